The van der Waals surface area contributed by atoms with Crippen LogP contribution in [0.15, 0.2) is 24.3 Å². The molecule has 134 valence electrons. The van der Waals surface area contributed by atoms with Crippen LogP contribution in [-0.4, -0.2) is 61.5 Å². The summed E-state index contributed by atoms with van der Waals surface area (Å²) in [7, 11) is 2.15. The largest absolute Gasteiger partial charge is 0.355 e. The average molecular weight is 335 g/mol. The third-order valence-electron chi connectivity index (χ3n) is 4.84. The van der Waals surface area contributed by atoms with E-state index < -0.39 is 0 Å². The molecule has 0 aromatic heterocycles. The van der Waals surface area contributed by atoms with Crippen molar-refractivity contribution in [1.29, 1.82) is 0 Å². The predicted molar refractivity (Wildman–Crippen MR) is 95.4 cm³/mol. The van der Waals surface area contributed by atoms with Crippen LogP contribution in [0.3, 0.4) is 0 Å². The third kappa shape index (κ3) is 5.87. The first-order valence-corrected chi connectivity index (χ1v) is 8.89. The second-order valence-electron chi connectivity index (χ2n) is 7.08. The van der Waals surface area contributed by atoms with Gasteiger partial charge >= 0.3 is 0 Å². The molecule has 1 amide bonds. The van der Waals surface area contributed by atoms with Crippen LogP contribution in [0.25, 0.3) is 0 Å². The lowest BCUT2D eigenvalue weighted by Gasteiger charge is -2.39. The molecule has 0 unspecified atom stereocenters. The van der Waals surface area contributed by atoms with Crippen LogP contribution in [0.5, 0.6) is 0 Å². The Labute approximate surface area is 145 Å². The molecule has 1 saturated heterocycles. The molecular weight excluding hydrogens is 305 g/mol. The highest BCUT2D eigenvalue weighted by Crippen LogP contribution is 2.13. The molecule has 1 N–H and O–H groups in total. The first-order valence-electron chi connectivity index (χ1n) is 8.89. The minimum Gasteiger partial charge on any atom is -0.355 e. The second kappa shape index (κ2) is 9.14. The third-order valence-corrected chi connectivity index (χ3v) is 4.84. The van der Waals surface area contributed by atoms with Crippen molar-refractivity contribution < 1.29 is 9.18 Å². The maximum Gasteiger partial charge on any atom is 0.220 e. The van der Waals surface area contributed by atoms with Crippen LogP contribution < -0.4 is 5.32 Å². The monoisotopic (exact) mass is 335 g/mol. The number of hydrogen-bond donors (Lipinski definition) is 1. The van der Waals surface area contributed by atoms with Gasteiger partial charge < -0.3 is 10.2 Å². The Balaban J connectivity index is 1.76. The van der Waals surface area contributed by atoms with Crippen molar-refractivity contribution in [1.82, 2.24) is 15.1 Å². The van der Waals surface area contributed by atoms with Crippen LogP contribution in [0, 0.1) is 11.7 Å². The standard InChI is InChI=1S/C19H30FN3O/c1-15(2)18(23-12-10-22(3)11-13-23)14-21-19(24)9-6-16-4-7-17(20)8-5-16/h4-5,7-8,15,18H,6,9-14H2,1-3H3,(H,21,24)/t18-/m0/s1. The van der Waals surface area contributed by atoms with Crippen LogP contribution in [0.1, 0.15) is 25.8 Å². The molecule has 5 heteroatoms. The number of likely N-dealkylation sites (N-methyl/N-ethyl adjacent to an activating group) is 1. The molecule has 0 radical (unpaired) electrons. The number of aryl methyl sites for hydroxylation is 1. The second-order valence-corrected chi connectivity index (χ2v) is 7.08. The molecule has 4 nitrogen and oxygen atoms in total. The maximum atomic E-state index is 12.9. The molecule has 2 rings (SSSR count). The van der Waals surface area contributed by atoms with E-state index in [9.17, 15) is 9.18 Å². The molecule has 0 saturated carbocycles. The average Bonchev–Trinajstić information content (AvgIpc) is 2.56. The molecule has 1 aliphatic heterocycles. The van der Waals surface area contributed by atoms with Crippen molar-refractivity contribution in [2.75, 3.05) is 39.8 Å². The smallest absolute Gasteiger partial charge is 0.220 e. The van der Waals surface area contributed by atoms with E-state index in [4.69, 9.17) is 0 Å². The van der Waals surface area contributed by atoms with Gasteiger partial charge in [-0.2, -0.15) is 0 Å². The Morgan fingerprint density at radius 1 is 1.17 bits per heavy atom. The zero-order chi connectivity index (χ0) is 17.5. The van der Waals surface area contributed by atoms with Gasteiger partial charge in [-0.15, -0.1) is 0 Å². The van der Waals surface area contributed by atoms with Crippen LogP contribution >= 0.6 is 0 Å². The number of amides is 1. The molecule has 1 fully saturated rings. The zero-order valence-corrected chi connectivity index (χ0v) is 15.1. The number of nitrogens with one attached hydrogen (secondary N) is 1. The Hall–Kier alpha value is -1.46. The van der Waals surface area contributed by atoms with Gasteiger partial charge in [0.1, 0.15) is 5.82 Å². The number of rotatable bonds is 7. The molecule has 1 heterocycles. The minimum absolute atomic E-state index is 0.0686. The summed E-state index contributed by atoms with van der Waals surface area (Å²) >= 11 is 0. The number of halogens is 1. The van der Waals surface area contributed by atoms with Crippen LogP contribution in [0.2, 0.25) is 0 Å². The van der Waals surface area contributed by atoms with Gasteiger partial charge in [-0.05, 0) is 37.1 Å². The summed E-state index contributed by atoms with van der Waals surface area (Å²) in [5, 5.41) is 3.09. The lowest BCUT2D eigenvalue weighted by atomic mass is 10.0. The Morgan fingerprint density at radius 2 is 1.79 bits per heavy atom. The van der Waals surface area contributed by atoms with Gasteiger partial charge in [-0.3, -0.25) is 9.69 Å². The first kappa shape index (κ1) is 18.9. The van der Waals surface area contributed by atoms with E-state index in [2.05, 4.69) is 36.0 Å². The number of nitrogens with zero attached hydrogens (tertiary/aromatic N) is 2. The summed E-state index contributed by atoms with van der Waals surface area (Å²) in [6.07, 6.45) is 1.09. The van der Waals surface area contributed by atoms with Crippen molar-refractivity contribution in [2.45, 2.75) is 32.7 Å². The predicted octanol–water partition coefficient (Wildman–Crippen LogP) is 2.15. The first-order chi connectivity index (χ1) is 11.5. The SMILES string of the molecule is CC(C)[C@H](CNC(=O)CCc1ccc(F)cc1)N1CCN(C)CC1. The normalized spacial score (nSPS) is 17.9. The fraction of sp³-hybridized carbons (Fsp3) is 0.632. The summed E-state index contributed by atoms with van der Waals surface area (Å²) in [5.41, 5.74) is 0.992. The molecule has 1 aromatic rings. The van der Waals surface area contributed by atoms with E-state index in [0.29, 0.717) is 31.3 Å². The molecule has 0 aliphatic carbocycles. The fourth-order valence-corrected chi connectivity index (χ4v) is 3.16. The number of carbonyl (C=O) groups excluding carboxylic acids is 1. The Kier molecular flexibility index (Phi) is 7.18. The number of hydrogen-bond acceptors (Lipinski definition) is 3. The van der Waals surface area contributed by atoms with E-state index in [1.54, 1.807) is 12.1 Å². The lowest BCUT2D eigenvalue weighted by molar-refractivity contribution is -0.121. The van der Waals surface area contributed by atoms with E-state index in [1.165, 1.54) is 12.1 Å². The summed E-state index contributed by atoms with van der Waals surface area (Å²) in [6, 6.07) is 6.74. The van der Waals surface area contributed by atoms with Gasteiger partial charge in [-0.1, -0.05) is 26.0 Å². The van der Waals surface area contributed by atoms with Crippen molar-refractivity contribution >= 4 is 5.91 Å². The molecule has 1 aromatic carbocycles. The zero-order valence-electron chi connectivity index (χ0n) is 15.1. The van der Waals surface area contributed by atoms with Crippen LogP contribution in [-0.2, 0) is 11.2 Å². The van der Waals surface area contributed by atoms with E-state index >= 15 is 0 Å². The lowest BCUT2D eigenvalue weighted by Crippen LogP contribution is -2.54. The molecule has 0 spiro atoms. The summed E-state index contributed by atoms with van der Waals surface area (Å²) in [4.78, 5) is 17.0. The highest BCUT2D eigenvalue weighted by molar-refractivity contribution is 5.76. The van der Waals surface area contributed by atoms with E-state index in [-0.39, 0.29) is 11.7 Å². The molecule has 0 bridgehead atoms. The van der Waals surface area contributed by atoms with Gasteiger partial charge in [0.15, 0.2) is 0 Å². The topological polar surface area (TPSA) is 35.6 Å². The van der Waals surface area contributed by atoms with Crippen molar-refractivity contribution in [3.63, 3.8) is 0 Å². The van der Waals surface area contributed by atoms with Gasteiger partial charge in [0.25, 0.3) is 0 Å². The molecule has 24 heavy (non-hydrogen) atoms. The van der Waals surface area contributed by atoms with Crippen molar-refractivity contribution in [3.8, 4) is 0 Å². The molecule has 1 atom stereocenters. The van der Waals surface area contributed by atoms with Gasteiger partial charge in [0.2, 0.25) is 5.91 Å². The highest BCUT2D eigenvalue weighted by atomic mass is 19.1. The molecule has 1 aliphatic rings. The van der Waals surface area contributed by atoms with E-state index in [0.717, 1.165) is 31.7 Å². The number of benzene rings is 1. The minimum atomic E-state index is -0.241. The fourth-order valence-electron chi connectivity index (χ4n) is 3.16. The summed E-state index contributed by atoms with van der Waals surface area (Å²) in [5.74, 6) is 0.333. The maximum absolute atomic E-state index is 12.9. The van der Waals surface area contributed by atoms with Crippen molar-refractivity contribution in [2.24, 2.45) is 5.92 Å². The van der Waals surface area contributed by atoms with Gasteiger partial charge in [0.05, 0.1) is 0 Å². The molecular formula is C19H30FN3O. The number of piperazine rings is 1. The summed E-state index contributed by atoms with van der Waals surface area (Å²) < 4.78 is 12.9. The summed E-state index contributed by atoms with van der Waals surface area (Å²) in [6.45, 7) is 9.42. The highest BCUT2D eigenvalue weighted by Gasteiger charge is 2.25. The van der Waals surface area contributed by atoms with Crippen molar-refractivity contribution in [3.05, 3.63) is 35.6 Å². The van der Waals surface area contributed by atoms with Gasteiger partial charge in [0, 0.05) is 45.2 Å². The quantitative estimate of drug-likeness (QED) is 0.829. The number of carbonyl (C=O) groups is 1. The Bertz CT molecular complexity index is 510. The van der Waals surface area contributed by atoms with Crippen LogP contribution in [0.4, 0.5) is 4.39 Å². The van der Waals surface area contributed by atoms with E-state index in [1.807, 2.05) is 0 Å². The van der Waals surface area contributed by atoms with Gasteiger partial charge in [-0.25, -0.2) is 4.39 Å². The Morgan fingerprint density at radius 3 is 2.38 bits per heavy atom.